The van der Waals surface area contributed by atoms with Crippen LogP contribution in [0.25, 0.3) is 0 Å². The first-order valence-corrected chi connectivity index (χ1v) is 5.61. The van der Waals surface area contributed by atoms with Gasteiger partial charge >= 0.3 is 5.97 Å². The molecule has 0 aromatic heterocycles. The summed E-state index contributed by atoms with van der Waals surface area (Å²) < 4.78 is 4.70. The summed E-state index contributed by atoms with van der Waals surface area (Å²) in [5.41, 5.74) is 1.51. The predicted molar refractivity (Wildman–Crippen MR) is 64.2 cm³/mol. The van der Waals surface area contributed by atoms with Gasteiger partial charge in [0.2, 0.25) is 0 Å². The lowest BCUT2D eigenvalue weighted by atomic mass is 9.98. The molecule has 0 spiro atoms. The second-order valence-corrected chi connectivity index (χ2v) is 4.12. The maximum atomic E-state index is 11.4. The number of aliphatic hydroxyl groups is 1. The Bertz CT molecular complexity index is 416. The Kier molecular flexibility index (Phi) is 4.37. The monoisotopic (exact) mass is 258 g/mol. The molecular formula is C12H15ClO4. The van der Waals surface area contributed by atoms with E-state index in [9.17, 15) is 15.0 Å². The van der Waals surface area contributed by atoms with Crippen molar-refractivity contribution in [3.63, 3.8) is 0 Å². The molecule has 1 atom stereocenters. The zero-order chi connectivity index (χ0) is 13.2. The Hall–Kier alpha value is -1.26. The highest BCUT2D eigenvalue weighted by Crippen LogP contribution is 2.36. The lowest BCUT2D eigenvalue weighted by Crippen LogP contribution is -2.17. The summed E-state index contributed by atoms with van der Waals surface area (Å²) in [6.45, 7) is 5.28. The number of hydrogen-bond acceptors (Lipinski definition) is 4. The Labute approximate surface area is 105 Å². The highest BCUT2D eigenvalue weighted by Gasteiger charge is 2.26. The summed E-state index contributed by atoms with van der Waals surface area (Å²) in [5.74, 6) is -1.08. The Morgan fingerprint density at radius 3 is 2.65 bits per heavy atom. The first kappa shape index (κ1) is 13.8. The number of esters is 1. The second-order valence-electron chi connectivity index (χ2n) is 3.72. The van der Waals surface area contributed by atoms with E-state index in [2.05, 4.69) is 0 Å². The van der Waals surface area contributed by atoms with Crippen LogP contribution in [0.2, 0.25) is 5.02 Å². The SMILES string of the molecule is CCOC(=O)C(O)c1c(C)c(C)cc(Cl)c1O. The van der Waals surface area contributed by atoms with Crippen molar-refractivity contribution in [2.24, 2.45) is 0 Å². The number of aliphatic hydroxyl groups excluding tert-OH is 1. The van der Waals surface area contributed by atoms with Gasteiger partial charge in [0.15, 0.2) is 6.10 Å². The molecule has 1 unspecified atom stereocenters. The van der Waals surface area contributed by atoms with E-state index in [4.69, 9.17) is 16.3 Å². The molecule has 17 heavy (non-hydrogen) atoms. The van der Waals surface area contributed by atoms with Crippen LogP contribution < -0.4 is 0 Å². The highest BCUT2D eigenvalue weighted by atomic mass is 35.5. The van der Waals surface area contributed by atoms with Crippen molar-refractivity contribution in [1.29, 1.82) is 0 Å². The van der Waals surface area contributed by atoms with E-state index in [0.29, 0.717) is 5.56 Å². The van der Waals surface area contributed by atoms with Gasteiger partial charge in [-0.1, -0.05) is 11.6 Å². The number of ether oxygens (including phenoxy) is 1. The lowest BCUT2D eigenvalue weighted by Gasteiger charge is -2.16. The average Bonchev–Trinajstić information content (AvgIpc) is 2.27. The third-order valence-electron chi connectivity index (χ3n) is 2.60. The number of aromatic hydroxyl groups is 1. The van der Waals surface area contributed by atoms with E-state index in [1.54, 1.807) is 26.8 Å². The third kappa shape index (κ3) is 2.70. The van der Waals surface area contributed by atoms with Crippen LogP contribution in [0.5, 0.6) is 5.75 Å². The van der Waals surface area contributed by atoms with Crippen molar-refractivity contribution in [3.05, 3.63) is 27.8 Å². The van der Waals surface area contributed by atoms with Crippen LogP contribution in [-0.2, 0) is 9.53 Å². The Morgan fingerprint density at radius 1 is 1.53 bits per heavy atom. The normalized spacial score (nSPS) is 12.3. The topological polar surface area (TPSA) is 66.8 Å². The van der Waals surface area contributed by atoms with E-state index in [1.807, 2.05) is 0 Å². The molecule has 1 aromatic rings. The van der Waals surface area contributed by atoms with E-state index in [1.165, 1.54) is 0 Å². The second kappa shape index (κ2) is 5.38. The van der Waals surface area contributed by atoms with Crippen molar-refractivity contribution >= 4 is 17.6 Å². The maximum Gasteiger partial charge on any atom is 0.339 e. The molecule has 2 N–H and O–H groups in total. The number of carbonyl (C=O) groups excluding carboxylic acids is 1. The fraction of sp³-hybridized carbons (Fsp3) is 0.417. The van der Waals surface area contributed by atoms with Gasteiger partial charge in [0, 0.05) is 5.56 Å². The van der Waals surface area contributed by atoms with Gasteiger partial charge in [-0.2, -0.15) is 0 Å². The summed E-state index contributed by atoms with van der Waals surface area (Å²) in [7, 11) is 0. The number of benzene rings is 1. The first-order chi connectivity index (χ1) is 7.90. The van der Waals surface area contributed by atoms with Gasteiger partial charge in [-0.3, -0.25) is 0 Å². The van der Waals surface area contributed by atoms with Crippen molar-refractivity contribution in [2.45, 2.75) is 26.9 Å². The fourth-order valence-electron chi connectivity index (χ4n) is 1.56. The molecule has 0 aliphatic rings. The van der Waals surface area contributed by atoms with Gasteiger partial charge in [-0.15, -0.1) is 0 Å². The molecule has 0 heterocycles. The molecular weight excluding hydrogens is 244 g/mol. The van der Waals surface area contributed by atoms with Crippen LogP contribution in [0.3, 0.4) is 0 Å². The quantitative estimate of drug-likeness (QED) is 0.816. The Balaban J connectivity index is 3.25. The number of carbonyl (C=O) groups is 1. The Morgan fingerprint density at radius 2 is 2.12 bits per heavy atom. The molecule has 1 aromatic carbocycles. The zero-order valence-corrected chi connectivity index (χ0v) is 10.7. The summed E-state index contributed by atoms with van der Waals surface area (Å²) >= 11 is 5.80. The fourth-order valence-corrected chi connectivity index (χ4v) is 1.82. The molecule has 0 aliphatic carbocycles. The van der Waals surface area contributed by atoms with Crippen LogP contribution in [0.1, 0.15) is 29.7 Å². The minimum atomic E-state index is -1.52. The zero-order valence-electron chi connectivity index (χ0n) is 9.95. The highest BCUT2D eigenvalue weighted by molar-refractivity contribution is 6.32. The molecule has 0 saturated heterocycles. The van der Waals surface area contributed by atoms with Crippen molar-refractivity contribution in [1.82, 2.24) is 0 Å². The summed E-state index contributed by atoms with van der Waals surface area (Å²) in [5, 5.41) is 19.7. The molecule has 4 nitrogen and oxygen atoms in total. The molecule has 0 aliphatic heterocycles. The number of phenolic OH excluding ortho intramolecular Hbond substituents is 1. The first-order valence-electron chi connectivity index (χ1n) is 5.23. The predicted octanol–water partition coefficient (Wildman–Crippen LogP) is 2.26. The van der Waals surface area contributed by atoms with E-state index in [-0.39, 0.29) is 22.9 Å². The van der Waals surface area contributed by atoms with Gasteiger partial charge in [-0.25, -0.2) is 4.79 Å². The standard InChI is InChI=1S/C12H15ClO4/c1-4-17-12(16)11(15)9-7(3)6(2)5-8(13)10(9)14/h5,11,14-15H,4H2,1-3H3. The van der Waals surface area contributed by atoms with Crippen molar-refractivity contribution < 1.29 is 19.7 Å². The van der Waals surface area contributed by atoms with Gasteiger partial charge in [0.25, 0.3) is 0 Å². The molecule has 0 saturated carbocycles. The van der Waals surface area contributed by atoms with Crippen molar-refractivity contribution in [2.75, 3.05) is 6.61 Å². The molecule has 5 heteroatoms. The van der Waals surface area contributed by atoms with Crippen LogP contribution in [0.4, 0.5) is 0 Å². The third-order valence-corrected chi connectivity index (χ3v) is 2.89. The lowest BCUT2D eigenvalue weighted by molar-refractivity contribution is -0.153. The largest absolute Gasteiger partial charge is 0.506 e. The van der Waals surface area contributed by atoms with Crippen LogP contribution in [-0.4, -0.2) is 22.8 Å². The number of rotatable bonds is 3. The summed E-state index contributed by atoms with van der Waals surface area (Å²) in [4.78, 5) is 11.4. The van der Waals surface area contributed by atoms with Gasteiger partial charge in [-0.05, 0) is 38.0 Å². The molecule has 0 radical (unpaired) electrons. The number of phenols is 1. The van der Waals surface area contributed by atoms with Crippen molar-refractivity contribution in [3.8, 4) is 5.75 Å². The average molecular weight is 259 g/mol. The molecule has 94 valence electrons. The molecule has 0 fully saturated rings. The minimum absolute atomic E-state index is 0.103. The van der Waals surface area contributed by atoms with E-state index < -0.39 is 12.1 Å². The van der Waals surface area contributed by atoms with Crippen LogP contribution in [0, 0.1) is 13.8 Å². The maximum absolute atomic E-state index is 11.4. The molecule has 0 bridgehead atoms. The van der Waals surface area contributed by atoms with E-state index >= 15 is 0 Å². The van der Waals surface area contributed by atoms with E-state index in [0.717, 1.165) is 5.56 Å². The van der Waals surface area contributed by atoms with Crippen LogP contribution in [0.15, 0.2) is 6.07 Å². The smallest absolute Gasteiger partial charge is 0.339 e. The minimum Gasteiger partial charge on any atom is -0.506 e. The van der Waals surface area contributed by atoms with Gasteiger partial charge in [0.1, 0.15) is 5.75 Å². The summed E-state index contributed by atoms with van der Waals surface area (Å²) in [6, 6.07) is 1.58. The molecule has 1 rings (SSSR count). The van der Waals surface area contributed by atoms with Gasteiger partial charge in [0.05, 0.1) is 11.6 Å². The summed E-state index contributed by atoms with van der Waals surface area (Å²) in [6.07, 6.45) is -1.52. The van der Waals surface area contributed by atoms with Crippen LogP contribution >= 0.6 is 11.6 Å². The number of halogens is 1. The molecule has 0 amide bonds. The van der Waals surface area contributed by atoms with Gasteiger partial charge < -0.3 is 14.9 Å². The number of aryl methyl sites for hydroxylation is 1. The number of hydrogen-bond donors (Lipinski definition) is 2.